The second-order valence-corrected chi connectivity index (χ2v) is 4.81. The number of aliphatic hydroxyl groups excluding tert-OH is 1. The van der Waals surface area contributed by atoms with Crippen LogP contribution in [-0.4, -0.2) is 48.3 Å². The summed E-state index contributed by atoms with van der Waals surface area (Å²) in [5.74, 6) is 0.727. The van der Waals surface area contributed by atoms with Crippen molar-refractivity contribution >= 4 is 0 Å². The third-order valence-corrected chi connectivity index (χ3v) is 2.86. The molecule has 1 heterocycles. The van der Waals surface area contributed by atoms with Crippen molar-refractivity contribution in [2.45, 2.75) is 39.3 Å². The number of nitrogens with zero attached hydrogens (tertiary/aromatic N) is 1. The fourth-order valence-corrected chi connectivity index (χ4v) is 2.07. The SMILES string of the molecule is CC(C)CN1CC(CCO)NCC1C. The number of rotatable bonds is 4. The van der Waals surface area contributed by atoms with Crippen LogP contribution in [0.25, 0.3) is 0 Å². The Labute approximate surface area is 87.5 Å². The van der Waals surface area contributed by atoms with E-state index >= 15 is 0 Å². The van der Waals surface area contributed by atoms with Gasteiger partial charge in [0.15, 0.2) is 0 Å². The summed E-state index contributed by atoms with van der Waals surface area (Å²) in [6, 6.07) is 1.11. The van der Waals surface area contributed by atoms with Gasteiger partial charge in [-0.25, -0.2) is 0 Å². The maximum absolute atomic E-state index is 8.89. The third kappa shape index (κ3) is 3.56. The van der Waals surface area contributed by atoms with Gasteiger partial charge in [-0.3, -0.25) is 4.90 Å². The highest BCUT2D eigenvalue weighted by molar-refractivity contribution is 4.83. The monoisotopic (exact) mass is 200 g/mol. The Kier molecular flexibility index (Phi) is 4.85. The highest BCUT2D eigenvalue weighted by Gasteiger charge is 2.24. The highest BCUT2D eigenvalue weighted by Crippen LogP contribution is 2.11. The molecule has 0 spiro atoms. The second kappa shape index (κ2) is 5.69. The molecule has 14 heavy (non-hydrogen) atoms. The lowest BCUT2D eigenvalue weighted by atomic mass is 10.1. The lowest BCUT2D eigenvalue weighted by Crippen LogP contribution is -2.56. The maximum atomic E-state index is 8.89. The van der Waals surface area contributed by atoms with Crippen LogP contribution in [0.4, 0.5) is 0 Å². The molecule has 1 aliphatic rings. The van der Waals surface area contributed by atoms with Gasteiger partial charge in [-0.15, -0.1) is 0 Å². The van der Waals surface area contributed by atoms with Gasteiger partial charge in [0.1, 0.15) is 0 Å². The summed E-state index contributed by atoms with van der Waals surface area (Å²) < 4.78 is 0. The number of hydrogen-bond donors (Lipinski definition) is 2. The van der Waals surface area contributed by atoms with Crippen LogP contribution in [0, 0.1) is 5.92 Å². The maximum Gasteiger partial charge on any atom is 0.0446 e. The molecular weight excluding hydrogens is 176 g/mol. The van der Waals surface area contributed by atoms with E-state index in [-0.39, 0.29) is 0 Å². The van der Waals surface area contributed by atoms with Crippen LogP contribution in [0.5, 0.6) is 0 Å². The average molecular weight is 200 g/mol. The number of nitrogens with one attached hydrogen (secondary N) is 1. The standard InChI is InChI=1S/C11H24N2O/c1-9(2)7-13-8-11(4-5-14)12-6-10(13)3/h9-12,14H,4-8H2,1-3H3. The molecule has 2 unspecified atom stereocenters. The Morgan fingerprint density at radius 1 is 1.50 bits per heavy atom. The zero-order valence-corrected chi connectivity index (χ0v) is 9.66. The first-order valence-corrected chi connectivity index (χ1v) is 5.71. The van der Waals surface area contributed by atoms with Crippen LogP contribution in [0.1, 0.15) is 27.2 Å². The normalized spacial score (nSPS) is 29.8. The van der Waals surface area contributed by atoms with Crippen molar-refractivity contribution < 1.29 is 5.11 Å². The molecule has 2 N–H and O–H groups in total. The smallest absolute Gasteiger partial charge is 0.0446 e. The molecule has 0 aromatic carbocycles. The van der Waals surface area contributed by atoms with E-state index in [0.717, 1.165) is 25.4 Å². The van der Waals surface area contributed by atoms with Gasteiger partial charge < -0.3 is 10.4 Å². The second-order valence-electron chi connectivity index (χ2n) is 4.81. The molecule has 0 saturated carbocycles. The molecule has 2 atom stereocenters. The van der Waals surface area contributed by atoms with E-state index in [9.17, 15) is 0 Å². The van der Waals surface area contributed by atoms with Crippen molar-refractivity contribution in [2.75, 3.05) is 26.2 Å². The van der Waals surface area contributed by atoms with Gasteiger partial charge in [0.05, 0.1) is 0 Å². The zero-order chi connectivity index (χ0) is 10.6. The number of aliphatic hydroxyl groups is 1. The van der Waals surface area contributed by atoms with E-state index in [1.54, 1.807) is 0 Å². The quantitative estimate of drug-likeness (QED) is 0.701. The Balaban J connectivity index is 2.38. The van der Waals surface area contributed by atoms with E-state index in [1.165, 1.54) is 6.54 Å². The summed E-state index contributed by atoms with van der Waals surface area (Å²) >= 11 is 0. The van der Waals surface area contributed by atoms with Crippen molar-refractivity contribution in [3.63, 3.8) is 0 Å². The number of hydrogen-bond acceptors (Lipinski definition) is 3. The van der Waals surface area contributed by atoms with Gasteiger partial charge in [0.25, 0.3) is 0 Å². The summed E-state index contributed by atoms with van der Waals surface area (Å²) in [6.07, 6.45) is 0.876. The Morgan fingerprint density at radius 2 is 2.21 bits per heavy atom. The van der Waals surface area contributed by atoms with Crippen LogP contribution in [0.3, 0.4) is 0 Å². The molecule has 0 aliphatic carbocycles. The Morgan fingerprint density at radius 3 is 2.79 bits per heavy atom. The Hall–Kier alpha value is -0.120. The molecule has 84 valence electrons. The first-order chi connectivity index (χ1) is 6.63. The van der Waals surface area contributed by atoms with Gasteiger partial charge in [-0.1, -0.05) is 13.8 Å². The summed E-state index contributed by atoms with van der Waals surface area (Å²) in [6.45, 7) is 10.4. The van der Waals surface area contributed by atoms with Crippen LogP contribution in [0.15, 0.2) is 0 Å². The molecule has 0 amide bonds. The minimum absolute atomic E-state index is 0.293. The van der Waals surface area contributed by atoms with Gasteiger partial charge in [-0.2, -0.15) is 0 Å². The first kappa shape index (κ1) is 12.0. The van der Waals surface area contributed by atoms with Crippen molar-refractivity contribution in [3.05, 3.63) is 0 Å². The summed E-state index contributed by atoms with van der Waals surface area (Å²) in [5, 5.41) is 12.4. The van der Waals surface area contributed by atoms with Crippen LogP contribution < -0.4 is 5.32 Å². The molecule has 3 nitrogen and oxygen atoms in total. The molecule has 0 bridgehead atoms. The first-order valence-electron chi connectivity index (χ1n) is 5.71. The van der Waals surface area contributed by atoms with Crippen molar-refractivity contribution in [3.8, 4) is 0 Å². The number of piperazine rings is 1. The largest absolute Gasteiger partial charge is 0.396 e. The van der Waals surface area contributed by atoms with Crippen LogP contribution in [-0.2, 0) is 0 Å². The fourth-order valence-electron chi connectivity index (χ4n) is 2.07. The molecule has 0 aromatic rings. The van der Waals surface area contributed by atoms with Gasteiger partial charge in [0.2, 0.25) is 0 Å². The molecule has 0 aromatic heterocycles. The summed E-state index contributed by atoms with van der Waals surface area (Å²) in [7, 11) is 0. The molecule has 1 aliphatic heterocycles. The molecule has 1 rings (SSSR count). The average Bonchev–Trinajstić information content (AvgIpc) is 2.10. The predicted molar refractivity (Wildman–Crippen MR) is 59.4 cm³/mol. The van der Waals surface area contributed by atoms with Gasteiger partial charge in [-0.05, 0) is 19.3 Å². The van der Waals surface area contributed by atoms with E-state index in [4.69, 9.17) is 5.11 Å². The van der Waals surface area contributed by atoms with E-state index in [0.29, 0.717) is 18.7 Å². The third-order valence-electron chi connectivity index (χ3n) is 2.86. The van der Waals surface area contributed by atoms with Crippen LogP contribution >= 0.6 is 0 Å². The van der Waals surface area contributed by atoms with Crippen molar-refractivity contribution in [1.29, 1.82) is 0 Å². The minimum Gasteiger partial charge on any atom is -0.396 e. The minimum atomic E-state index is 0.293. The van der Waals surface area contributed by atoms with Crippen molar-refractivity contribution in [1.82, 2.24) is 10.2 Å². The Bertz CT molecular complexity index is 161. The van der Waals surface area contributed by atoms with E-state index in [1.807, 2.05) is 0 Å². The topological polar surface area (TPSA) is 35.5 Å². The fraction of sp³-hybridized carbons (Fsp3) is 1.00. The molecule has 3 heteroatoms. The van der Waals surface area contributed by atoms with Crippen molar-refractivity contribution in [2.24, 2.45) is 5.92 Å². The van der Waals surface area contributed by atoms with E-state index in [2.05, 4.69) is 31.0 Å². The van der Waals surface area contributed by atoms with Crippen LogP contribution in [0.2, 0.25) is 0 Å². The van der Waals surface area contributed by atoms with Gasteiger partial charge in [0, 0.05) is 38.3 Å². The molecular formula is C11H24N2O. The molecule has 0 radical (unpaired) electrons. The highest BCUT2D eigenvalue weighted by atomic mass is 16.3. The molecule has 1 fully saturated rings. The summed E-state index contributed by atoms with van der Waals surface area (Å²) in [5.41, 5.74) is 0. The lowest BCUT2D eigenvalue weighted by Gasteiger charge is -2.39. The van der Waals surface area contributed by atoms with Gasteiger partial charge >= 0.3 is 0 Å². The lowest BCUT2D eigenvalue weighted by molar-refractivity contribution is 0.114. The predicted octanol–water partition coefficient (Wildman–Crippen LogP) is 0.687. The molecule has 1 saturated heterocycles. The zero-order valence-electron chi connectivity index (χ0n) is 9.66. The summed E-state index contributed by atoms with van der Waals surface area (Å²) in [4.78, 5) is 2.53. The van der Waals surface area contributed by atoms with E-state index < -0.39 is 0 Å².